The van der Waals surface area contributed by atoms with E-state index in [1.54, 1.807) is 0 Å². The van der Waals surface area contributed by atoms with Crippen LogP contribution in [0.4, 0.5) is 0 Å². The van der Waals surface area contributed by atoms with Gasteiger partial charge in [-0.15, -0.1) is 0 Å². The van der Waals surface area contributed by atoms with Crippen LogP contribution in [0.2, 0.25) is 0 Å². The summed E-state index contributed by atoms with van der Waals surface area (Å²) in [6, 6.07) is 6.31. The van der Waals surface area contributed by atoms with Crippen molar-refractivity contribution in [2.45, 2.75) is 40.0 Å². The second kappa shape index (κ2) is 8.15. The minimum Gasteiger partial charge on any atom is -0.494 e. The highest BCUT2D eigenvalue weighted by Crippen LogP contribution is 2.16. The summed E-state index contributed by atoms with van der Waals surface area (Å²) in [5, 5.41) is 0. The summed E-state index contributed by atoms with van der Waals surface area (Å²) in [5.41, 5.74) is 2.63. The van der Waals surface area contributed by atoms with Crippen molar-refractivity contribution >= 4 is 0 Å². The van der Waals surface area contributed by atoms with Crippen LogP contribution in [0, 0.1) is 13.8 Å². The van der Waals surface area contributed by atoms with E-state index >= 15 is 0 Å². The number of rotatable bonds is 8. The molecule has 1 aromatic carbocycles. The summed E-state index contributed by atoms with van der Waals surface area (Å²) >= 11 is 0. The molecule has 2 heteroatoms. The van der Waals surface area contributed by atoms with Crippen LogP contribution in [-0.4, -0.2) is 31.6 Å². The van der Waals surface area contributed by atoms with Gasteiger partial charge in [-0.3, -0.25) is 0 Å². The zero-order valence-corrected chi connectivity index (χ0v) is 12.3. The lowest BCUT2D eigenvalue weighted by Crippen LogP contribution is -2.18. The van der Waals surface area contributed by atoms with Crippen LogP contribution < -0.4 is 4.74 Å². The van der Waals surface area contributed by atoms with Gasteiger partial charge in [0.2, 0.25) is 0 Å². The molecule has 0 aromatic heterocycles. The molecule has 0 heterocycles. The summed E-state index contributed by atoms with van der Waals surface area (Å²) in [6.45, 7) is 9.62. The third-order valence-corrected chi connectivity index (χ3v) is 3.47. The second-order valence-electron chi connectivity index (χ2n) is 5.05. The van der Waals surface area contributed by atoms with Crippen molar-refractivity contribution in [2.75, 3.05) is 26.7 Å². The molecule has 0 spiro atoms. The van der Waals surface area contributed by atoms with Gasteiger partial charge in [-0.2, -0.15) is 0 Å². The Balaban J connectivity index is 2.12. The number of unbranched alkanes of at least 4 members (excludes halogenated alkanes) is 2. The normalized spacial score (nSPS) is 10.9. The molecule has 0 saturated heterocycles. The first-order valence-electron chi connectivity index (χ1n) is 7.02. The predicted octanol–water partition coefficient (Wildman–Crippen LogP) is 3.80. The van der Waals surface area contributed by atoms with Gasteiger partial charge in [-0.25, -0.2) is 0 Å². The Morgan fingerprint density at radius 3 is 2.50 bits per heavy atom. The highest BCUT2D eigenvalue weighted by Gasteiger charge is 1.98. The van der Waals surface area contributed by atoms with Gasteiger partial charge >= 0.3 is 0 Å². The summed E-state index contributed by atoms with van der Waals surface area (Å²) in [4.78, 5) is 2.35. The molecular formula is C16H27NO. The fourth-order valence-electron chi connectivity index (χ4n) is 1.81. The molecular weight excluding hydrogens is 222 g/mol. The Labute approximate surface area is 112 Å². The summed E-state index contributed by atoms with van der Waals surface area (Å²) in [7, 11) is 2.17. The van der Waals surface area contributed by atoms with Crippen LogP contribution in [0.1, 0.15) is 37.3 Å². The topological polar surface area (TPSA) is 12.5 Å². The number of nitrogens with zero attached hydrogens (tertiary/aromatic N) is 1. The molecule has 0 N–H and O–H groups in total. The third-order valence-electron chi connectivity index (χ3n) is 3.47. The first-order valence-corrected chi connectivity index (χ1v) is 7.02. The van der Waals surface area contributed by atoms with E-state index in [9.17, 15) is 0 Å². The first-order chi connectivity index (χ1) is 8.63. The molecule has 1 aromatic rings. The van der Waals surface area contributed by atoms with Crippen molar-refractivity contribution in [3.8, 4) is 5.75 Å². The lowest BCUT2D eigenvalue weighted by molar-refractivity contribution is 0.293. The average Bonchev–Trinajstić information content (AvgIpc) is 2.37. The van der Waals surface area contributed by atoms with Crippen LogP contribution in [0.5, 0.6) is 5.75 Å². The van der Waals surface area contributed by atoms with Crippen LogP contribution in [-0.2, 0) is 0 Å². The SMILES string of the molecule is CCN(C)CCCCCOc1ccc(C)c(C)c1. The summed E-state index contributed by atoms with van der Waals surface area (Å²) < 4.78 is 5.76. The largest absolute Gasteiger partial charge is 0.494 e. The van der Waals surface area contributed by atoms with Gasteiger partial charge in [0.05, 0.1) is 6.61 Å². The molecule has 1 rings (SSSR count). The number of hydrogen-bond acceptors (Lipinski definition) is 2. The fourth-order valence-corrected chi connectivity index (χ4v) is 1.81. The molecule has 0 fully saturated rings. The maximum atomic E-state index is 5.76. The highest BCUT2D eigenvalue weighted by atomic mass is 16.5. The van der Waals surface area contributed by atoms with E-state index in [0.29, 0.717) is 0 Å². The average molecular weight is 249 g/mol. The van der Waals surface area contributed by atoms with Gasteiger partial charge in [-0.05, 0) is 76.5 Å². The number of hydrogen-bond donors (Lipinski definition) is 0. The van der Waals surface area contributed by atoms with Gasteiger partial charge in [0.25, 0.3) is 0 Å². The van der Waals surface area contributed by atoms with Crippen LogP contribution in [0.3, 0.4) is 0 Å². The Hall–Kier alpha value is -1.02. The van der Waals surface area contributed by atoms with Crippen LogP contribution in [0.15, 0.2) is 18.2 Å². The minimum absolute atomic E-state index is 0.832. The Bertz CT molecular complexity index is 349. The molecule has 0 aliphatic rings. The zero-order chi connectivity index (χ0) is 13.4. The van der Waals surface area contributed by atoms with E-state index in [1.165, 1.54) is 30.5 Å². The van der Waals surface area contributed by atoms with E-state index in [2.05, 4.69) is 50.9 Å². The van der Waals surface area contributed by atoms with Gasteiger partial charge in [0.1, 0.15) is 5.75 Å². The van der Waals surface area contributed by atoms with Crippen molar-refractivity contribution in [1.29, 1.82) is 0 Å². The molecule has 0 radical (unpaired) electrons. The number of aryl methyl sites for hydroxylation is 2. The number of benzene rings is 1. The maximum Gasteiger partial charge on any atom is 0.119 e. The quantitative estimate of drug-likeness (QED) is 0.650. The first kappa shape index (κ1) is 15.0. The van der Waals surface area contributed by atoms with E-state index in [-0.39, 0.29) is 0 Å². The molecule has 2 nitrogen and oxygen atoms in total. The van der Waals surface area contributed by atoms with Crippen LogP contribution >= 0.6 is 0 Å². The molecule has 0 aliphatic heterocycles. The van der Waals surface area contributed by atoms with Crippen LogP contribution in [0.25, 0.3) is 0 Å². The maximum absolute atomic E-state index is 5.76. The van der Waals surface area contributed by atoms with Gasteiger partial charge in [-0.1, -0.05) is 13.0 Å². The molecule has 18 heavy (non-hydrogen) atoms. The molecule has 0 aliphatic carbocycles. The van der Waals surface area contributed by atoms with E-state index < -0.39 is 0 Å². The lowest BCUT2D eigenvalue weighted by atomic mass is 10.1. The molecule has 0 atom stereocenters. The van der Waals surface area contributed by atoms with Crippen molar-refractivity contribution in [3.05, 3.63) is 29.3 Å². The van der Waals surface area contributed by atoms with Gasteiger partial charge in [0.15, 0.2) is 0 Å². The molecule has 0 unspecified atom stereocenters. The Kier molecular flexibility index (Phi) is 6.81. The van der Waals surface area contributed by atoms with Crippen molar-refractivity contribution < 1.29 is 4.74 Å². The molecule has 0 bridgehead atoms. The standard InChI is InChI=1S/C16H27NO/c1-5-17(4)11-7-6-8-12-18-16-10-9-14(2)15(3)13-16/h9-10,13H,5-8,11-12H2,1-4H3. The van der Waals surface area contributed by atoms with Crippen molar-refractivity contribution in [1.82, 2.24) is 4.90 Å². The Morgan fingerprint density at radius 1 is 1.06 bits per heavy atom. The monoisotopic (exact) mass is 249 g/mol. The summed E-state index contributed by atoms with van der Waals surface area (Å²) in [6.07, 6.45) is 3.65. The van der Waals surface area contributed by atoms with E-state index in [4.69, 9.17) is 4.74 Å². The molecule has 102 valence electrons. The predicted molar refractivity (Wildman–Crippen MR) is 78.4 cm³/mol. The van der Waals surface area contributed by atoms with E-state index in [1.807, 2.05) is 0 Å². The minimum atomic E-state index is 0.832. The number of ether oxygens (including phenoxy) is 1. The van der Waals surface area contributed by atoms with E-state index in [0.717, 1.165) is 25.3 Å². The smallest absolute Gasteiger partial charge is 0.119 e. The fraction of sp³-hybridized carbons (Fsp3) is 0.625. The second-order valence-corrected chi connectivity index (χ2v) is 5.05. The summed E-state index contributed by atoms with van der Waals surface area (Å²) in [5.74, 6) is 1.00. The van der Waals surface area contributed by atoms with Gasteiger partial charge < -0.3 is 9.64 Å². The molecule has 0 saturated carbocycles. The molecule has 0 amide bonds. The Morgan fingerprint density at radius 2 is 1.83 bits per heavy atom. The van der Waals surface area contributed by atoms with Crippen molar-refractivity contribution in [3.63, 3.8) is 0 Å². The van der Waals surface area contributed by atoms with Gasteiger partial charge in [0, 0.05) is 0 Å². The zero-order valence-electron chi connectivity index (χ0n) is 12.3. The lowest BCUT2D eigenvalue weighted by Gasteiger charge is -2.13. The highest BCUT2D eigenvalue weighted by molar-refractivity contribution is 5.33. The third kappa shape index (κ3) is 5.54. The van der Waals surface area contributed by atoms with Crippen molar-refractivity contribution in [2.24, 2.45) is 0 Å².